The van der Waals surface area contributed by atoms with E-state index in [0.29, 0.717) is 5.54 Å². The van der Waals surface area contributed by atoms with E-state index in [1.54, 1.807) is 0 Å². The van der Waals surface area contributed by atoms with Crippen molar-refractivity contribution in [3.8, 4) is 0 Å². The largest absolute Gasteiger partial charge is 0.444 e. The maximum absolute atomic E-state index is 11.6. The maximum Gasteiger partial charge on any atom is 0.407 e. The van der Waals surface area contributed by atoms with E-state index >= 15 is 0 Å². The Hall–Kier alpha value is -0.770. The standard InChI is InChI=1S/C13H24N2O2/c1-12(2,3)17-11(16)15-10-8-13(9-10)6-4-5-7-14-13/h10,14H,4-9H2,1-3H3,(H,15,16). The van der Waals surface area contributed by atoms with E-state index < -0.39 is 5.60 Å². The lowest BCUT2D eigenvalue weighted by molar-refractivity contribution is 0.0371. The van der Waals surface area contributed by atoms with Gasteiger partial charge in [0.25, 0.3) is 0 Å². The Morgan fingerprint density at radius 3 is 2.59 bits per heavy atom. The van der Waals surface area contributed by atoms with E-state index in [1.807, 2.05) is 20.8 Å². The summed E-state index contributed by atoms with van der Waals surface area (Å²) < 4.78 is 5.25. The Balaban J connectivity index is 1.71. The third-order valence-corrected chi connectivity index (χ3v) is 3.58. The third kappa shape index (κ3) is 3.35. The molecule has 0 aromatic rings. The van der Waals surface area contributed by atoms with Crippen LogP contribution >= 0.6 is 0 Å². The molecular formula is C13H24N2O2. The second-order valence-corrected chi connectivity index (χ2v) is 6.42. The van der Waals surface area contributed by atoms with Crippen LogP contribution in [0.15, 0.2) is 0 Å². The fourth-order valence-electron chi connectivity index (χ4n) is 2.84. The van der Waals surface area contributed by atoms with Gasteiger partial charge in [-0.1, -0.05) is 6.42 Å². The fraction of sp³-hybridized carbons (Fsp3) is 0.923. The van der Waals surface area contributed by atoms with Crippen molar-refractivity contribution in [3.05, 3.63) is 0 Å². The van der Waals surface area contributed by atoms with Crippen LogP contribution in [0, 0.1) is 0 Å². The van der Waals surface area contributed by atoms with Crippen LogP contribution in [0.25, 0.3) is 0 Å². The highest BCUT2D eigenvalue weighted by molar-refractivity contribution is 5.68. The maximum atomic E-state index is 11.6. The lowest BCUT2D eigenvalue weighted by Gasteiger charge is -2.50. The summed E-state index contributed by atoms with van der Waals surface area (Å²) in [6.07, 6.45) is 5.66. The van der Waals surface area contributed by atoms with Gasteiger partial charge in [0, 0.05) is 11.6 Å². The van der Waals surface area contributed by atoms with Gasteiger partial charge < -0.3 is 15.4 Å². The molecule has 0 bridgehead atoms. The first-order chi connectivity index (χ1) is 7.89. The van der Waals surface area contributed by atoms with Crippen LogP contribution in [0.3, 0.4) is 0 Å². The molecule has 0 aromatic carbocycles. The quantitative estimate of drug-likeness (QED) is 0.738. The molecule has 2 rings (SSSR count). The van der Waals surface area contributed by atoms with Crippen molar-refractivity contribution in [2.75, 3.05) is 6.54 Å². The zero-order valence-corrected chi connectivity index (χ0v) is 11.1. The second-order valence-electron chi connectivity index (χ2n) is 6.42. The number of nitrogens with one attached hydrogen (secondary N) is 2. The number of carbonyl (C=O) groups excluding carboxylic acids is 1. The number of amides is 1. The highest BCUT2D eigenvalue weighted by Crippen LogP contribution is 2.38. The number of carbonyl (C=O) groups is 1. The van der Waals surface area contributed by atoms with Crippen molar-refractivity contribution in [2.45, 2.75) is 70.1 Å². The molecule has 0 atom stereocenters. The van der Waals surface area contributed by atoms with Gasteiger partial charge in [-0.25, -0.2) is 4.79 Å². The molecule has 2 fully saturated rings. The molecule has 0 unspecified atom stereocenters. The van der Waals surface area contributed by atoms with Crippen LogP contribution in [0.2, 0.25) is 0 Å². The predicted molar refractivity (Wildman–Crippen MR) is 67.0 cm³/mol. The van der Waals surface area contributed by atoms with Crippen LogP contribution in [0.1, 0.15) is 52.9 Å². The first-order valence-corrected chi connectivity index (χ1v) is 6.63. The van der Waals surface area contributed by atoms with Gasteiger partial charge in [0.15, 0.2) is 0 Å². The van der Waals surface area contributed by atoms with E-state index in [2.05, 4.69) is 10.6 Å². The van der Waals surface area contributed by atoms with Crippen molar-refractivity contribution in [2.24, 2.45) is 0 Å². The second kappa shape index (κ2) is 4.48. The minimum absolute atomic E-state index is 0.284. The van der Waals surface area contributed by atoms with Gasteiger partial charge in [0.1, 0.15) is 5.60 Å². The predicted octanol–water partition coefficient (Wildman–Crippen LogP) is 2.19. The van der Waals surface area contributed by atoms with E-state index in [-0.39, 0.29) is 12.1 Å². The number of alkyl carbamates (subject to hydrolysis) is 1. The van der Waals surface area contributed by atoms with Crippen molar-refractivity contribution in [1.29, 1.82) is 0 Å². The van der Waals surface area contributed by atoms with E-state index in [1.165, 1.54) is 19.3 Å². The molecule has 0 aromatic heterocycles. The molecule has 1 amide bonds. The lowest BCUT2D eigenvalue weighted by Crippen LogP contribution is -2.63. The van der Waals surface area contributed by atoms with Gasteiger partial charge in [-0.15, -0.1) is 0 Å². The topological polar surface area (TPSA) is 50.4 Å². The van der Waals surface area contributed by atoms with Crippen LogP contribution in [0.4, 0.5) is 4.79 Å². The Bertz CT molecular complexity index is 282. The smallest absolute Gasteiger partial charge is 0.407 e. The SMILES string of the molecule is CC(C)(C)OC(=O)NC1CC2(CCCCN2)C1. The summed E-state index contributed by atoms with van der Waals surface area (Å²) in [5, 5.41) is 6.53. The third-order valence-electron chi connectivity index (χ3n) is 3.58. The summed E-state index contributed by atoms with van der Waals surface area (Å²) in [6, 6.07) is 0.287. The summed E-state index contributed by atoms with van der Waals surface area (Å²) in [5.41, 5.74) is -0.0907. The monoisotopic (exact) mass is 240 g/mol. The van der Waals surface area contributed by atoms with Gasteiger partial charge in [-0.2, -0.15) is 0 Å². The van der Waals surface area contributed by atoms with Gasteiger partial charge in [0.05, 0.1) is 0 Å². The van der Waals surface area contributed by atoms with Gasteiger partial charge >= 0.3 is 6.09 Å². The van der Waals surface area contributed by atoms with Gasteiger partial charge in [-0.3, -0.25) is 0 Å². The highest BCUT2D eigenvalue weighted by atomic mass is 16.6. The number of rotatable bonds is 1. The van der Waals surface area contributed by atoms with E-state index in [0.717, 1.165) is 19.4 Å². The van der Waals surface area contributed by atoms with E-state index in [4.69, 9.17) is 4.74 Å². The summed E-state index contributed by atoms with van der Waals surface area (Å²) in [5.74, 6) is 0. The van der Waals surface area contributed by atoms with Gasteiger partial charge in [-0.05, 0) is 53.0 Å². The van der Waals surface area contributed by atoms with Crippen molar-refractivity contribution in [3.63, 3.8) is 0 Å². The Kier molecular flexibility index (Phi) is 3.34. The molecule has 4 nitrogen and oxygen atoms in total. The summed E-state index contributed by atoms with van der Waals surface area (Å²) in [4.78, 5) is 11.6. The molecule has 1 aliphatic heterocycles. The minimum atomic E-state index is -0.408. The molecule has 2 N–H and O–H groups in total. The Morgan fingerprint density at radius 1 is 1.35 bits per heavy atom. The molecule has 1 saturated carbocycles. The van der Waals surface area contributed by atoms with Crippen LogP contribution in [-0.2, 0) is 4.74 Å². The number of piperidine rings is 1. The first kappa shape index (κ1) is 12.7. The minimum Gasteiger partial charge on any atom is -0.444 e. The molecule has 2 aliphatic rings. The molecule has 4 heteroatoms. The lowest BCUT2D eigenvalue weighted by atomic mass is 9.68. The summed E-state index contributed by atoms with van der Waals surface area (Å²) in [6.45, 7) is 6.78. The molecule has 17 heavy (non-hydrogen) atoms. The van der Waals surface area contributed by atoms with Crippen LogP contribution < -0.4 is 10.6 Å². The summed E-state index contributed by atoms with van der Waals surface area (Å²) in [7, 11) is 0. The molecule has 98 valence electrons. The number of ether oxygens (including phenoxy) is 1. The molecule has 1 spiro atoms. The zero-order chi connectivity index (χ0) is 12.5. The zero-order valence-electron chi connectivity index (χ0n) is 11.1. The fourth-order valence-corrected chi connectivity index (χ4v) is 2.84. The molecular weight excluding hydrogens is 216 g/mol. The van der Waals surface area contributed by atoms with Crippen molar-refractivity contribution in [1.82, 2.24) is 10.6 Å². The molecule has 1 heterocycles. The molecule has 1 saturated heterocycles. The number of hydrogen-bond acceptors (Lipinski definition) is 3. The van der Waals surface area contributed by atoms with Crippen LogP contribution in [-0.4, -0.2) is 29.8 Å². The molecule has 0 radical (unpaired) electrons. The number of hydrogen-bond donors (Lipinski definition) is 2. The van der Waals surface area contributed by atoms with Gasteiger partial charge in [0.2, 0.25) is 0 Å². The first-order valence-electron chi connectivity index (χ1n) is 6.63. The van der Waals surface area contributed by atoms with Crippen molar-refractivity contribution < 1.29 is 9.53 Å². The Labute approximate surface area is 103 Å². The highest BCUT2D eigenvalue weighted by Gasteiger charge is 2.45. The average molecular weight is 240 g/mol. The molecule has 1 aliphatic carbocycles. The Morgan fingerprint density at radius 2 is 2.06 bits per heavy atom. The summed E-state index contributed by atoms with van der Waals surface area (Å²) >= 11 is 0. The average Bonchev–Trinajstić information content (AvgIpc) is 2.13. The normalized spacial score (nSPS) is 33.0. The van der Waals surface area contributed by atoms with Crippen LogP contribution in [0.5, 0.6) is 0 Å². The van der Waals surface area contributed by atoms with Crippen molar-refractivity contribution >= 4 is 6.09 Å². The van der Waals surface area contributed by atoms with E-state index in [9.17, 15) is 4.79 Å².